The number of sulfonamides is 2. The first kappa shape index (κ1) is 38.2. The molecule has 0 aliphatic heterocycles. The predicted molar refractivity (Wildman–Crippen MR) is 139 cm³/mol. The van der Waals surface area contributed by atoms with Gasteiger partial charge < -0.3 is 19.8 Å². The fraction of sp³-hybridized carbons (Fsp3) is 0.391. The summed E-state index contributed by atoms with van der Waals surface area (Å²) in [5, 5.41) is 22.8. The zero-order valence-electron chi connectivity index (χ0n) is 22.1. The van der Waals surface area contributed by atoms with Crippen LogP contribution in [-0.2, 0) is 36.1 Å². The van der Waals surface area contributed by atoms with Crippen LogP contribution in [0.5, 0.6) is 0 Å². The van der Waals surface area contributed by atoms with Crippen molar-refractivity contribution in [3.63, 3.8) is 0 Å². The zero-order valence-corrected chi connectivity index (χ0v) is 31.6. The number of nitrogens with one attached hydrogen (secondary N) is 2. The summed E-state index contributed by atoms with van der Waals surface area (Å²) in [5.74, 6) is -2.16. The van der Waals surface area contributed by atoms with Crippen LogP contribution in [0.3, 0.4) is 0 Å². The third kappa shape index (κ3) is 10.1. The summed E-state index contributed by atoms with van der Waals surface area (Å²) in [6, 6.07) is 6.02. The Kier molecular flexibility index (Phi) is 16.5. The minimum absolute atomic E-state index is 0. The second-order valence-corrected chi connectivity index (χ2v) is 13.8. The first-order valence-corrected chi connectivity index (χ1v) is 16.9. The number of carboxylic acid groups (broad SMARTS) is 2. The van der Waals surface area contributed by atoms with Crippen molar-refractivity contribution in [2.75, 3.05) is 24.0 Å². The molecule has 2 N–H and O–H groups in total. The number of aliphatic carboxylic acids is 2. The van der Waals surface area contributed by atoms with Gasteiger partial charge in [0.2, 0.25) is 20.0 Å². The van der Waals surface area contributed by atoms with Crippen LogP contribution in [0.25, 0.3) is 11.1 Å². The van der Waals surface area contributed by atoms with E-state index in [1.807, 2.05) is 0 Å². The van der Waals surface area contributed by atoms with E-state index in [0.29, 0.717) is 22.6 Å². The van der Waals surface area contributed by atoms with Crippen LogP contribution in [0.15, 0.2) is 46.2 Å². The van der Waals surface area contributed by atoms with Crippen LogP contribution in [0.2, 0.25) is 0 Å². The molecular formula is C23H26K2N2O8S4. The molecule has 0 fully saturated rings. The fourth-order valence-electron chi connectivity index (χ4n) is 3.93. The number of fused-ring (bicyclic) bond motifs is 3. The van der Waals surface area contributed by atoms with Crippen molar-refractivity contribution in [1.29, 1.82) is 0 Å². The van der Waals surface area contributed by atoms with E-state index < -0.39 is 44.1 Å². The molecule has 0 saturated carbocycles. The Labute approximate surface area is 322 Å². The Morgan fingerprint density at radius 3 is 1.44 bits per heavy atom. The molecule has 2 aromatic carbocycles. The normalized spacial score (nSPS) is 13.8. The average Bonchev–Trinajstić information content (AvgIpc) is 3.21. The second-order valence-electron chi connectivity index (χ2n) is 8.36. The van der Waals surface area contributed by atoms with Gasteiger partial charge in [0.05, 0.1) is 33.8 Å². The standard InChI is InChI=1S/C23H28N2O8S4.2K/c1-34-9-7-20(22(26)27)24-36(30,31)16-3-5-18-14(12-16)11-15-13-17(4-6-19(15)18)37(32,33)25-21(23(28)29)8-10-35-2;;/h3-6,12-13,20-21,24-25H,7-11H2,1-2H3,(H,26,27)(H,28,29);;/q;2*+1/p-2. The van der Waals surface area contributed by atoms with E-state index in [9.17, 15) is 36.6 Å². The van der Waals surface area contributed by atoms with Crippen molar-refractivity contribution >= 4 is 55.5 Å². The molecule has 0 bridgehead atoms. The molecule has 1 aliphatic rings. The maximum atomic E-state index is 12.9. The molecule has 0 heterocycles. The molecule has 16 heteroatoms. The first-order chi connectivity index (χ1) is 17.4. The van der Waals surface area contributed by atoms with Crippen molar-refractivity contribution in [3.8, 4) is 11.1 Å². The van der Waals surface area contributed by atoms with Gasteiger partial charge in [0, 0.05) is 0 Å². The van der Waals surface area contributed by atoms with E-state index >= 15 is 0 Å². The quantitative estimate of drug-likeness (QED) is 0.158. The van der Waals surface area contributed by atoms with Gasteiger partial charge in [0.1, 0.15) is 0 Å². The third-order valence-electron chi connectivity index (χ3n) is 5.83. The molecule has 2 atom stereocenters. The summed E-state index contributed by atoms with van der Waals surface area (Å²) in [5.41, 5.74) is 2.69. The summed E-state index contributed by atoms with van der Waals surface area (Å²) >= 11 is 2.77. The second kappa shape index (κ2) is 16.9. The van der Waals surface area contributed by atoms with Crippen LogP contribution >= 0.6 is 23.5 Å². The summed E-state index contributed by atoms with van der Waals surface area (Å²) in [6.45, 7) is 0. The van der Waals surface area contributed by atoms with Gasteiger partial charge in [0.15, 0.2) is 0 Å². The fourth-order valence-corrected chi connectivity index (χ4v) is 7.41. The zero-order chi connectivity index (χ0) is 27.4. The Morgan fingerprint density at radius 1 is 0.769 bits per heavy atom. The van der Waals surface area contributed by atoms with Gasteiger partial charge in [-0.2, -0.15) is 23.5 Å². The summed E-state index contributed by atoms with van der Waals surface area (Å²) < 4.78 is 55.8. The molecule has 2 unspecified atom stereocenters. The molecule has 39 heavy (non-hydrogen) atoms. The minimum atomic E-state index is -4.15. The van der Waals surface area contributed by atoms with E-state index in [4.69, 9.17) is 0 Å². The molecule has 202 valence electrons. The third-order valence-corrected chi connectivity index (χ3v) is 10.1. The first-order valence-electron chi connectivity index (χ1n) is 11.1. The van der Waals surface area contributed by atoms with Crippen molar-refractivity contribution in [3.05, 3.63) is 47.5 Å². The molecule has 0 amide bonds. The molecule has 10 nitrogen and oxygen atoms in total. The molecule has 0 saturated heterocycles. The van der Waals surface area contributed by atoms with Crippen molar-refractivity contribution in [2.24, 2.45) is 0 Å². The van der Waals surface area contributed by atoms with E-state index in [2.05, 4.69) is 9.44 Å². The van der Waals surface area contributed by atoms with Crippen LogP contribution in [0, 0.1) is 0 Å². The van der Waals surface area contributed by atoms with Gasteiger partial charge in [-0.05, 0) is 89.8 Å². The maximum Gasteiger partial charge on any atom is 1.00 e. The number of hydrogen-bond acceptors (Lipinski definition) is 10. The number of carbonyl (C=O) groups excluding carboxylic acids is 2. The average molecular weight is 665 g/mol. The van der Waals surface area contributed by atoms with Crippen molar-refractivity contribution in [2.45, 2.75) is 41.1 Å². The Balaban J connectivity index is 0.00000380. The van der Waals surface area contributed by atoms with Crippen molar-refractivity contribution in [1.82, 2.24) is 9.44 Å². The van der Waals surface area contributed by atoms with Crippen LogP contribution in [0.1, 0.15) is 24.0 Å². The van der Waals surface area contributed by atoms with E-state index in [-0.39, 0.29) is 132 Å². The molecule has 3 rings (SSSR count). The van der Waals surface area contributed by atoms with E-state index in [1.54, 1.807) is 24.6 Å². The predicted octanol–water partition coefficient (Wildman–Crippen LogP) is -6.43. The molecule has 0 radical (unpaired) electrons. The van der Waals surface area contributed by atoms with Gasteiger partial charge >= 0.3 is 103 Å². The van der Waals surface area contributed by atoms with Gasteiger partial charge in [-0.1, -0.05) is 12.1 Å². The van der Waals surface area contributed by atoms with Gasteiger partial charge in [-0.25, -0.2) is 26.3 Å². The summed E-state index contributed by atoms with van der Waals surface area (Å²) in [6.07, 6.45) is 3.93. The molecule has 2 aromatic rings. The van der Waals surface area contributed by atoms with Crippen LogP contribution in [0.4, 0.5) is 0 Å². The van der Waals surface area contributed by atoms with E-state index in [0.717, 1.165) is 11.1 Å². The SMILES string of the molecule is CSCCC(NS(=O)(=O)c1ccc2c(c1)Cc1cc(S(=O)(=O)NC(CCSC)C(=O)[O-])ccc1-2)C(=O)[O-].[K+].[K+]. The monoisotopic (exact) mass is 664 g/mol. The van der Waals surface area contributed by atoms with Gasteiger partial charge in [0.25, 0.3) is 0 Å². The number of hydrogen-bond donors (Lipinski definition) is 2. The number of thioether (sulfide) groups is 2. The smallest absolute Gasteiger partial charge is 0.548 e. The summed E-state index contributed by atoms with van der Waals surface area (Å²) in [4.78, 5) is 22.5. The number of carbonyl (C=O) groups is 2. The van der Waals surface area contributed by atoms with Gasteiger partial charge in [-0.3, -0.25) is 0 Å². The van der Waals surface area contributed by atoms with Crippen LogP contribution < -0.4 is 122 Å². The molecule has 0 spiro atoms. The number of carboxylic acids is 2. The largest absolute Gasteiger partial charge is 1.00 e. The topological polar surface area (TPSA) is 173 Å². The molecule has 1 aliphatic carbocycles. The Bertz CT molecular complexity index is 1300. The number of rotatable bonds is 14. The van der Waals surface area contributed by atoms with Crippen LogP contribution in [-0.4, -0.2) is 64.9 Å². The molecular weight excluding hydrogens is 639 g/mol. The number of benzene rings is 2. The minimum Gasteiger partial charge on any atom is -0.548 e. The van der Waals surface area contributed by atoms with Crippen molar-refractivity contribution < 1.29 is 139 Å². The summed E-state index contributed by atoms with van der Waals surface area (Å²) in [7, 11) is -8.31. The van der Waals surface area contributed by atoms with Gasteiger partial charge in [-0.15, -0.1) is 0 Å². The maximum absolute atomic E-state index is 12.9. The van der Waals surface area contributed by atoms with E-state index in [1.165, 1.54) is 47.8 Å². The molecule has 0 aromatic heterocycles. The Hall–Kier alpha value is 1.17. The Morgan fingerprint density at radius 2 is 1.13 bits per heavy atom.